The normalized spacial score (nSPS) is 13.2. The van der Waals surface area contributed by atoms with E-state index in [1.807, 2.05) is 20.8 Å². The number of anilines is 2. The minimum Gasteiger partial charge on any atom is -0.448 e. The number of carbonyl (C=O) groups excluding carboxylic acids is 1. The zero-order valence-electron chi connectivity index (χ0n) is 64.9. The topological polar surface area (TPSA) is 146 Å². The van der Waals surface area contributed by atoms with Gasteiger partial charge in [0.2, 0.25) is 0 Å². The molecule has 1 aliphatic carbocycles. The molecule has 0 fully saturated rings. The van der Waals surface area contributed by atoms with Crippen LogP contribution in [0.3, 0.4) is 0 Å². The van der Waals surface area contributed by atoms with Gasteiger partial charge in [0.1, 0.15) is 6.61 Å². The van der Waals surface area contributed by atoms with Crippen LogP contribution in [-0.4, -0.2) is 180 Å². The van der Waals surface area contributed by atoms with E-state index in [4.69, 9.17) is 55.9 Å². The van der Waals surface area contributed by atoms with Gasteiger partial charge in [0, 0.05) is 117 Å². The number of likely N-dealkylation sites (N-methyl/N-ethyl adjacent to an activating group) is 1. The zero-order valence-corrected chi connectivity index (χ0v) is 67.5. The summed E-state index contributed by atoms with van der Waals surface area (Å²) < 4.78 is 70.2. The summed E-state index contributed by atoms with van der Waals surface area (Å²) in [4.78, 5) is 21.7. The Bertz CT molecular complexity index is 3570. The van der Waals surface area contributed by atoms with Crippen LogP contribution in [0.4, 0.5) is 16.2 Å². The van der Waals surface area contributed by atoms with E-state index in [0.717, 1.165) is 74.5 Å². The van der Waals surface area contributed by atoms with Gasteiger partial charge < -0.3 is 71.0 Å². The average Bonchev–Trinajstić information content (AvgIpc) is 1.57. The van der Waals surface area contributed by atoms with Crippen LogP contribution in [0, 0.1) is 23.7 Å². The first-order valence-corrected chi connectivity index (χ1v) is 42.6. The highest BCUT2D eigenvalue weighted by Crippen LogP contribution is 2.53. The summed E-state index contributed by atoms with van der Waals surface area (Å²) >= 11 is 3.37. The van der Waals surface area contributed by atoms with Crippen LogP contribution >= 0.6 is 22.7 Å². The predicted molar refractivity (Wildman–Crippen MR) is 439 cm³/mol. The van der Waals surface area contributed by atoms with Crippen molar-refractivity contribution < 1.29 is 60.7 Å². The van der Waals surface area contributed by atoms with E-state index in [9.17, 15) is 4.79 Å². The lowest BCUT2D eigenvalue weighted by Gasteiger charge is -2.32. The third-order valence-electron chi connectivity index (χ3n) is 18.2. The highest BCUT2D eigenvalue weighted by Gasteiger charge is 2.43. The van der Waals surface area contributed by atoms with Gasteiger partial charge in [0.05, 0.1) is 95.6 Å². The summed E-state index contributed by atoms with van der Waals surface area (Å²) in [5.74, 6) is 14.2. The molecule has 0 bridgehead atoms. The van der Waals surface area contributed by atoms with E-state index in [0.29, 0.717) is 151 Å². The number of alkyl carbamates (subject to hydrolysis) is 1. The number of thiophene rings is 2. The van der Waals surface area contributed by atoms with Gasteiger partial charge in [-0.3, -0.25) is 0 Å². The van der Waals surface area contributed by atoms with Crippen LogP contribution in [0.15, 0.2) is 109 Å². The summed E-state index contributed by atoms with van der Waals surface area (Å²) in [6.07, 6.45) is 21.4. The second-order valence-electron chi connectivity index (χ2n) is 26.0. The SMILES string of the molecule is CCCCCCN(CCCCCC)c1ccc(/C=C/c2ccc(C#Cc3ccc4c(c3)C(CCOCCOCCOCCOC)(CCOCCOCCOCCOCCC)c3cc(C#Cc5ccc(/C=C/c6ccc(N(CC)CCOC(=O)NCCC[Si](OCC)(OCC)OCC)cc6)s5)ccc3-4)s2)cc1. The van der Waals surface area contributed by atoms with E-state index < -0.39 is 20.3 Å². The van der Waals surface area contributed by atoms with Gasteiger partial charge >= 0.3 is 14.9 Å². The third-order valence-corrected chi connectivity index (χ3v) is 23.3. The summed E-state index contributed by atoms with van der Waals surface area (Å²) in [6, 6.07) is 40.1. The average molecular weight is 1510 g/mol. The van der Waals surface area contributed by atoms with E-state index in [2.05, 4.69) is 200 Å². The van der Waals surface area contributed by atoms with Gasteiger partial charge in [-0.25, -0.2) is 4.79 Å². The van der Waals surface area contributed by atoms with Crippen molar-refractivity contribution in [3.05, 3.63) is 162 Å². The Kier molecular flexibility index (Phi) is 42.4. The maximum Gasteiger partial charge on any atom is 0.500 e. The van der Waals surface area contributed by atoms with Crippen molar-refractivity contribution in [3.63, 3.8) is 0 Å². The molecule has 106 heavy (non-hydrogen) atoms. The minimum atomic E-state index is -2.77. The van der Waals surface area contributed by atoms with Crippen LogP contribution in [0.1, 0.15) is 178 Å². The number of nitrogens with zero attached hydrogens (tertiary/aromatic N) is 2. The molecule has 2 aromatic heterocycles. The molecule has 2 heterocycles. The lowest BCUT2D eigenvalue weighted by molar-refractivity contribution is -0.00491. The molecular weight excluding hydrogens is 1390 g/mol. The molecule has 1 amide bonds. The minimum absolute atomic E-state index is 0.256. The number of rotatable bonds is 56. The molecule has 1 atom stereocenters. The number of benzene rings is 4. The molecule has 19 heteroatoms. The van der Waals surface area contributed by atoms with Gasteiger partial charge in [-0.1, -0.05) is 132 Å². The van der Waals surface area contributed by atoms with E-state index in [-0.39, 0.29) is 6.61 Å². The quantitative estimate of drug-likeness (QED) is 0.0219. The number of unbranched alkanes of at least 4 members (excludes halogenated alkanes) is 6. The summed E-state index contributed by atoms with van der Waals surface area (Å²) in [6.45, 7) is 28.1. The highest BCUT2D eigenvalue weighted by atomic mass is 32.1. The molecule has 0 spiro atoms. The van der Waals surface area contributed by atoms with E-state index >= 15 is 0 Å². The third kappa shape index (κ3) is 30.9. The van der Waals surface area contributed by atoms with Crippen LogP contribution in [0.2, 0.25) is 6.04 Å². The predicted octanol–water partition coefficient (Wildman–Crippen LogP) is 18.1. The van der Waals surface area contributed by atoms with E-state index in [1.165, 1.54) is 84.9 Å². The first kappa shape index (κ1) is 86.8. The first-order valence-electron chi connectivity index (χ1n) is 39.1. The molecule has 0 aliphatic heterocycles. The van der Waals surface area contributed by atoms with Crippen molar-refractivity contribution in [1.82, 2.24) is 5.32 Å². The van der Waals surface area contributed by atoms with Crippen LogP contribution in [-0.2, 0) is 61.3 Å². The van der Waals surface area contributed by atoms with Crippen LogP contribution in [0.5, 0.6) is 0 Å². The van der Waals surface area contributed by atoms with Crippen LogP contribution in [0.25, 0.3) is 35.4 Å². The van der Waals surface area contributed by atoms with Crippen molar-refractivity contribution in [2.75, 3.05) is 175 Å². The maximum absolute atomic E-state index is 12.6. The molecule has 7 rings (SSSR count). The van der Waals surface area contributed by atoms with E-state index in [1.54, 1.807) is 29.8 Å². The second kappa shape index (κ2) is 51.8. The number of amides is 1. The first-order chi connectivity index (χ1) is 52.1. The molecule has 1 N–H and O–H groups in total. The number of methoxy groups -OCH3 is 1. The number of hydrogen-bond donors (Lipinski definition) is 1. The monoisotopic (exact) mass is 1510 g/mol. The maximum atomic E-state index is 12.6. The molecule has 0 radical (unpaired) electrons. The Morgan fingerprint density at radius 3 is 1.32 bits per heavy atom. The standard InChI is InChI=1S/C87H121N3O13S2Si/c1-9-16-18-20-50-90(51-21-19-17-10-2)77-35-25-73(26-36-77)28-38-79-42-44-81(105-79)40-30-75-32-46-83-82-45-31-74(70-84(82)87(85(83)71-75,47-54-94-60-63-98-66-65-96-58-57-92-8)48-55-95-61-64-99-68-67-97-62-59-93-53-11-3)29-39-80-43-41-78(104-80)37-27-72-23-33-76(34-24-72)89(12-4)52-56-100-86(91)88-49-22-69-106(101-13-5,102-14-6)103-15-7/h23-28,31-38,41-46,70-71H,9-22,47-69H2,1-8H3,(H,88,91)/b37-27+,38-28+. The van der Waals surface area contributed by atoms with Gasteiger partial charge in [-0.2, -0.15) is 0 Å². The van der Waals surface area contributed by atoms with Gasteiger partial charge in [0.25, 0.3) is 0 Å². The second-order valence-corrected chi connectivity index (χ2v) is 30.9. The molecule has 0 saturated carbocycles. The molecule has 1 aliphatic rings. The lowest BCUT2D eigenvalue weighted by atomic mass is 9.72. The number of hydrogen-bond acceptors (Lipinski definition) is 17. The van der Waals surface area contributed by atoms with Crippen molar-refractivity contribution in [2.24, 2.45) is 0 Å². The van der Waals surface area contributed by atoms with Gasteiger partial charge in [-0.15, -0.1) is 22.7 Å². The largest absolute Gasteiger partial charge is 0.500 e. The zero-order chi connectivity index (χ0) is 75.0. The van der Waals surface area contributed by atoms with Crippen LogP contribution < -0.4 is 15.1 Å². The number of carbonyl (C=O) groups is 1. The fourth-order valence-electron chi connectivity index (χ4n) is 12.7. The van der Waals surface area contributed by atoms with Crippen molar-refractivity contribution in [2.45, 2.75) is 137 Å². The summed E-state index contributed by atoms with van der Waals surface area (Å²) in [7, 11) is -1.10. The molecule has 16 nitrogen and oxygen atoms in total. The van der Waals surface area contributed by atoms with Crippen molar-refractivity contribution in [1.29, 1.82) is 0 Å². The number of ether oxygens (including phenoxy) is 9. The fourth-order valence-corrected chi connectivity index (χ4v) is 16.9. The molecular formula is C87H121N3O13S2Si. The van der Waals surface area contributed by atoms with Gasteiger partial charge in [0.15, 0.2) is 0 Å². The van der Waals surface area contributed by atoms with Gasteiger partial charge in [-0.05, 0) is 185 Å². The summed E-state index contributed by atoms with van der Waals surface area (Å²) in [5, 5.41) is 2.87. The molecule has 6 aromatic rings. The number of nitrogens with one attached hydrogen (secondary N) is 1. The summed E-state index contributed by atoms with van der Waals surface area (Å²) in [5.41, 5.74) is 10.8. The van der Waals surface area contributed by atoms with Crippen molar-refractivity contribution in [3.8, 4) is 34.8 Å². The van der Waals surface area contributed by atoms with Crippen molar-refractivity contribution >= 4 is 73.3 Å². The number of fused-ring (bicyclic) bond motifs is 3. The Morgan fingerprint density at radius 1 is 0.443 bits per heavy atom. The Morgan fingerprint density at radius 2 is 0.887 bits per heavy atom. The molecule has 0 saturated heterocycles. The highest BCUT2D eigenvalue weighted by molar-refractivity contribution is 7.13. The lowest BCUT2D eigenvalue weighted by Crippen LogP contribution is -2.46. The Hall–Kier alpha value is -6.47. The fraction of sp³-hybridized carbons (Fsp3) is 0.529. The molecule has 4 aromatic carbocycles. The Balaban J connectivity index is 1.05. The Labute approximate surface area is 644 Å². The molecule has 1 unspecified atom stereocenters. The molecule has 578 valence electrons. The smallest absolute Gasteiger partial charge is 0.448 e.